The van der Waals surface area contributed by atoms with Crippen LogP contribution in [0.3, 0.4) is 0 Å². The molecule has 0 saturated carbocycles. The minimum atomic E-state index is -2.27. The number of hydrogen-bond donors (Lipinski definition) is 2. The van der Waals surface area contributed by atoms with E-state index in [-0.39, 0.29) is 25.2 Å². The molecule has 0 rings (SSSR count). The van der Waals surface area contributed by atoms with E-state index < -0.39 is 23.2 Å². The van der Waals surface area contributed by atoms with E-state index >= 15 is 0 Å². The van der Waals surface area contributed by atoms with Crippen LogP contribution in [-0.2, 0) is 43.3 Å². The first-order valence-corrected chi connectivity index (χ1v) is 3.28. The molecule has 0 aliphatic heterocycles. The zero-order valence-corrected chi connectivity index (χ0v) is 7.71. The molecule has 6 N–H and O–H groups in total. The standard InChI is InChI=1S/CHNO.CO2.CH4.H3N.H2O.2O.Zr/c2*2-1-3;;;;;;/h2H;;1H4;1H3;1H2;;;. The Balaban J connectivity index is -0.00000001000. The molecule has 0 atom stereocenters. The molecule has 8 nitrogen and oxygen atoms in total. The molecule has 0 aromatic heterocycles. The Morgan fingerprint density at radius 3 is 1.08 bits per heavy atom. The summed E-state index contributed by atoms with van der Waals surface area (Å²) in [5, 5.41) is 5.40. The number of nitrogens with one attached hydrogen (secondary N) is 1. The molecule has 9 heteroatoms. The Kier molecular flexibility index (Phi) is 657. The Morgan fingerprint density at radius 1 is 1.08 bits per heavy atom. The van der Waals surface area contributed by atoms with Crippen LogP contribution in [0.5, 0.6) is 0 Å². The van der Waals surface area contributed by atoms with E-state index in [2.05, 4.69) is 0 Å². The van der Waals surface area contributed by atoms with Crippen LogP contribution in [0, 0.1) is 5.41 Å². The van der Waals surface area contributed by atoms with Gasteiger partial charge in [-0.25, -0.2) is 10.2 Å². The first-order chi connectivity index (χ1) is 4.24. The molecule has 72 valence electrons. The van der Waals surface area contributed by atoms with Crippen LogP contribution in [0.1, 0.15) is 7.43 Å². The summed E-state index contributed by atoms with van der Waals surface area (Å²) in [7, 11) is 0. The molecular weight excluding hydrogens is 251 g/mol. The molecule has 0 aliphatic carbocycles. The maximum atomic E-state index is 8.54. The van der Waals surface area contributed by atoms with Crippen molar-refractivity contribution < 1.29 is 48.7 Å². The van der Waals surface area contributed by atoms with Crippen molar-refractivity contribution in [1.82, 2.24) is 6.15 Å². The first-order valence-electron chi connectivity index (χ1n) is 1.27. The van der Waals surface area contributed by atoms with E-state index in [0.717, 1.165) is 6.08 Å². The van der Waals surface area contributed by atoms with E-state index in [9.17, 15) is 0 Å². The Bertz CT molecular complexity index is 112. The third-order valence-electron chi connectivity index (χ3n) is 0. The van der Waals surface area contributed by atoms with Crippen LogP contribution in [0.25, 0.3) is 0 Å². The van der Waals surface area contributed by atoms with Crippen LogP contribution in [-0.4, -0.2) is 17.7 Å². The Morgan fingerprint density at radius 2 is 1.08 bits per heavy atom. The molecule has 0 saturated heterocycles. The number of rotatable bonds is 0. The fourth-order valence-electron chi connectivity index (χ4n) is 0. The van der Waals surface area contributed by atoms with Gasteiger partial charge >= 0.3 is 35.0 Å². The van der Waals surface area contributed by atoms with Crippen LogP contribution in [0.15, 0.2) is 0 Å². The van der Waals surface area contributed by atoms with Crippen molar-refractivity contribution in [2.75, 3.05) is 0 Å². The topological polar surface area (TPSA) is 176 Å². The molecule has 0 aliphatic rings. The van der Waals surface area contributed by atoms with Crippen molar-refractivity contribution in [3.63, 3.8) is 0 Å². The molecule has 0 heterocycles. The summed E-state index contributed by atoms with van der Waals surface area (Å²) in [6.45, 7) is 0. The molecular formula is C3H10N2O6Zr. The normalized spacial score (nSPS) is 2.00. The minimum absolute atomic E-state index is 0. The van der Waals surface area contributed by atoms with Gasteiger partial charge in [0.15, 0.2) is 0 Å². The first kappa shape index (κ1) is 43.3. The molecule has 0 amide bonds. The Labute approximate surface area is 80.2 Å². The van der Waals surface area contributed by atoms with Crippen molar-refractivity contribution in [2.24, 2.45) is 0 Å². The summed E-state index contributed by atoms with van der Waals surface area (Å²) in [6, 6.07) is 0. The van der Waals surface area contributed by atoms with Gasteiger partial charge in [-0.1, -0.05) is 7.43 Å². The summed E-state index contributed by atoms with van der Waals surface area (Å²) in [5.74, 6) is 0. The van der Waals surface area contributed by atoms with Crippen molar-refractivity contribution in [1.29, 1.82) is 5.41 Å². The van der Waals surface area contributed by atoms with Crippen LogP contribution < -0.4 is 6.15 Å². The quantitative estimate of drug-likeness (QED) is 0.419. The van der Waals surface area contributed by atoms with Crippen molar-refractivity contribution >= 4 is 12.2 Å². The van der Waals surface area contributed by atoms with E-state index in [1.54, 1.807) is 0 Å². The molecule has 0 spiro atoms. The molecule has 0 radical (unpaired) electrons. The fraction of sp³-hybridized carbons (Fsp3) is 0.333. The van der Waals surface area contributed by atoms with Crippen molar-refractivity contribution in [3.05, 3.63) is 0 Å². The predicted octanol–water partition coefficient (Wildman–Crippen LogP) is -0.949. The third kappa shape index (κ3) is 872. The summed E-state index contributed by atoms with van der Waals surface area (Å²) < 4.78 is 17.1. The second-order valence-electron chi connectivity index (χ2n) is 0.269. The van der Waals surface area contributed by atoms with Crippen LogP contribution >= 0.6 is 0 Å². The molecule has 0 aromatic rings. The van der Waals surface area contributed by atoms with Gasteiger partial charge in [0.25, 0.3) is 0 Å². The van der Waals surface area contributed by atoms with E-state index in [1.165, 1.54) is 0 Å². The van der Waals surface area contributed by atoms with Gasteiger partial charge in [-0.2, -0.15) is 9.59 Å². The summed E-state index contributed by atoms with van der Waals surface area (Å²) in [6.07, 6.45) is 1.00. The average molecular weight is 261 g/mol. The van der Waals surface area contributed by atoms with Gasteiger partial charge in [-0.3, -0.25) is 0 Å². The monoisotopic (exact) mass is 260 g/mol. The third-order valence-corrected chi connectivity index (χ3v) is 0. The van der Waals surface area contributed by atoms with Gasteiger partial charge < -0.3 is 11.6 Å². The van der Waals surface area contributed by atoms with E-state index in [0.29, 0.717) is 0 Å². The van der Waals surface area contributed by atoms with Gasteiger partial charge in [0, 0.05) is 0 Å². The second-order valence-corrected chi connectivity index (χ2v) is 0.678. The Hall–Kier alpha value is -0.837. The summed E-state index contributed by atoms with van der Waals surface area (Å²) in [5.41, 5.74) is 0. The summed E-state index contributed by atoms with van der Waals surface area (Å²) >= 11 is -2.27. The van der Waals surface area contributed by atoms with Gasteiger partial charge in [0.05, 0.1) is 0 Å². The van der Waals surface area contributed by atoms with Crippen LogP contribution in [0.4, 0.5) is 0 Å². The van der Waals surface area contributed by atoms with E-state index in [4.69, 9.17) is 25.4 Å². The SMILES string of the molecule is C.N.N=C=O.O.O=C=O.[O]=[Zr]=[O]. The number of carbonyl (C=O) groups excluding carboxylic acids is 3. The summed E-state index contributed by atoms with van der Waals surface area (Å²) in [4.78, 5) is 24.6. The van der Waals surface area contributed by atoms with E-state index in [1.807, 2.05) is 0 Å². The van der Waals surface area contributed by atoms with Gasteiger partial charge in [-0.05, 0) is 0 Å². The van der Waals surface area contributed by atoms with Crippen molar-refractivity contribution in [3.8, 4) is 0 Å². The van der Waals surface area contributed by atoms with Crippen LogP contribution in [0.2, 0.25) is 0 Å². The van der Waals surface area contributed by atoms with Gasteiger partial charge in [0.2, 0.25) is 6.08 Å². The van der Waals surface area contributed by atoms with Gasteiger partial charge in [-0.15, -0.1) is 0 Å². The number of hydrogen-bond acceptors (Lipinski definition) is 7. The molecule has 12 heavy (non-hydrogen) atoms. The molecule has 0 unspecified atom stereocenters. The number of isocyanates is 1. The fourth-order valence-corrected chi connectivity index (χ4v) is 0. The predicted molar refractivity (Wildman–Crippen MR) is 30.2 cm³/mol. The average Bonchev–Trinajstić information content (AvgIpc) is 1.70. The zero-order chi connectivity index (χ0) is 8.12. The van der Waals surface area contributed by atoms with Gasteiger partial charge in [0.1, 0.15) is 0 Å². The molecule has 0 fully saturated rings. The molecule has 0 bridgehead atoms. The zero-order valence-electron chi connectivity index (χ0n) is 5.25. The van der Waals surface area contributed by atoms with Crippen molar-refractivity contribution in [2.45, 2.75) is 7.43 Å². The maximum absolute atomic E-state index is 8.54. The second kappa shape index (κ2) is 182. The molecule has 0 aromatic carbocycles.